The summed E-state index contributed by atoms with van der Waals surface area (Å²) in [4.78, 5) is 0. The fourth-order valence-electron chi connectivity index (χ4n) is 0.831. The molecule has 112 valence electrons. The number of hydrogen-bond acceptors (Lipinski definition) is 5. The minimum atomic E-state index is -0.445. The summed E-state index contributed by atoms with van der Waals surface area (Å²) in [5, 5.41) is 25.9. The van der Waals surface area contributed by atoms with Crippen molar-refractivity contribution in [3.8, 4) is 0 Å². The van der Waals surface area contributed by atoms with Crippen molar-refractivity contribution in [1.29, 1.82) is 0 Å². The van der Waals surface area contributed by atoms with Gasteiger partial charge in [-0.05, 0) is 26.7 Å². The minimum absolute atomic E-state index is 0.00667. The number of aliphatic hydroxyl groups is 3. The molecule has 0 heterocycles. The van der Waals surface area contributed by atoms with Gasteiger partial charge in [-0.25, -0.2) is 0 Å². The van der Waals surface area contributed by atoms with Gasteiger partial charge in [-0.15, -0.1) is 0 Å². The second kappa shape index (κ2) is 13.2. The molecule has 0 bridgehead atoms. The Morgan fingerprint density at radius 2 is 1.33 bits per heavy atom. The molecule has 3 unspecified atom stereocenters. The normalized spacial score (nSPS) is 15.8. The Kier molecular flexibility index (Phi) is 14.8. The van der Waals surface area contributed by atoms with Gasteiger partial charge in [0.15, 0.2) is 0 Å². The van der Waals surface area contributed by atoms with E-state index in [0.717, 1.165) is 6.61 Å². The van der Waals surface area contributed by atoms with Crippen molar-refractivity contribution < 1.29 is 24.8 Å². The molecule has 3 atom stereocenters. The molecular formula is C13H30O5. The van der Waals surface area contributed by atoms with Crippen LogP contribution in [0.4, 0.5) is 0 Å². The number of ether oxygens (including phenoxy) is 2. The lowest BCUT2D eigenvalue weighted by atomic mass is 10.2. The standard InChI is InChI=1S/C7H16O2.C6H14O3/c1-6(2)4-9-5-7(3)8;1-5(8)4-9-6(2)3-7/h6-8H,4-5H2,1-3H3;5-8H,3-4H2,1-2H3. The van der Waals surface area contributed by atoms with Crippen LogP contribution in [0.15, 0.2) is 0 Å². The Morgan fingerprint density at radius 3 is 1.67 bits per heavy atom. The van der Waals surface area contributed by atoms with E-state index in [9.17, 15) is 0 Å². The van der Waals surface area contributed by atoms with E-state index >= 15 is 0 Å². The van der Waals surface area contributed by atoms with Crippen LogP contribution < -0.4 is 0 Å². The molecule has 0 aliphatic heterocycles. The Balaban J connectivity index is 0. The quantitative estimate of drug-likeness (QED) is 0.606. The van der Waals surface area contributed by atoms with Crippen LogP contribution in [-0.4, -0.2) is 60.1 Å². The van der Waals surface area contributed by atoms with Gasteiger partial charge in [0.2, 0.25) is 0 Å². The van der Waals surface area contributed by atoms with Crippen molar-refractivity contribution in [2.45, 2.75) is 52.9 Å². The molecule has 0 radical (unpaired) electrons. The highest BCUT2D eigenvalue weighted by molar-refractivity contribution is 4.47. The first-order chi connectivity index (χ1) is 8.29. The lowest BCUT2D eigenvalue weighted by molar-refractivity contribution is -0.0177. The van der Waals surface area contributed by atoms with Crippen LogP contribution in [0.5, 0.6) is 0 Å². The van der Waals surface area contributed by atoms with Crippen molar-refractivity contribution in [3.63, 3.8) is 0 Å². The third kappa shape index (κ3) is 21.1. The zero-order valence-corrected chi connectivity index (χ0v) is 12.3. The number of aliphatic hydroxyl groups excluding tert-OH is 3. The Morgan fingerprint density at radius 1 is 0.833 bits per heavy atom. The summed E-state index contributed by atoms with van der Waals surface area (Å²) in [6.45, 7) is 10.8. The minimum Gasteiger partial charge on any atom is -0.394 e. The zero-order valence-electron chi connectivity index (χ0n) is 12.3. The second-order valence-electron chi connectivity index (χ2n) is 4.96. The van der Waals surface area contributed by atoms with Crippen LogP contribution in [0, 0.1) is 5.92 Å². The van der Waals surface area contributed by atoms with E-state index in [4.69, 9.17) is 24.8 Å². The summed E-state index contributed by atoms with van der Waals surface area (Å²) >= 11 is 0. The monoisotopic (exact) mass is 266 g/mol. The molecule has 0 saturated carbocycles. The van der Waals surface area contributed by atoms with E-state index in [1.807, 2.05) is 0 Å². The SMILES string of the molecule is CC(C)COCC(C)O.CC(O)COC(C)CO. The summed E-state index contributed by atoms with van der Waals surface area (Å²) in [5.74, 6) is 0.559. The average molecular weight is 266 g/mol. The topological polar surface area (TPSA) is 79.2 Å². The van der Waals surface area contributed by atoms with E-state index in [0.29, 0.717) is 19.1 Å². The molecule has 0 aromatic heterocycles. The molecule has 3 N–H and O–H groups in total. The third-order valence-electron chi connectivity index (χ3n) is 1.69. The fourth-order valence-corrected chi connectivity index (χ4v) is 0.831. The molecule has 0 saturated heterocycles. The maximum absolute atomic E-state index is 8.74. The zero-order chi connectivity index (χ0) is 14.6. The average Bonchev–Trinajstić information content (AvgIpc) is 2.25. The molecule has 0 aromatic rings. The molecule has 0 aliphatic rings. The fraction of sp³-hybridized carbons (Fsp3) is 1.00. The molecule has 0 fully saturated rings. The molecule has 0 amide bonds. The van der Waals surface area contributed by atoms with E-state index in [-0.39, 0.29) is 18.8 Å². The largest absolute Gasteiger partial charge is 0.394 e. The highest BCUT2D eigenvalue weighted by atomic mass is 16.5. The summed E-state index contributed by atoms with van der Waals surface area (Å²) in [6, 6.07) is 0. The molecule has 0 aliphatic carbocycles. The third-order valence-corrected chi connectivity index (χ3v) is 1.69. The molecule has 0 rings (SSSR count). The number of hydrogen-bond donors (Lipinski definition) is 3. The predicted molar refractivity (Wildman–Crippen MR) is 71.5 cm³/mol. The van der Waals surface area contributed by atoms with Crippen LogP contribution in [-0.2, 0) is 9.47 Å². The van der Waals surface area contributed by atoms with Gasteiger partial charge in [-0.2, -0.15) is 0 Å². The lowest BCUT2D eigenvalue weighted by Crippen LogP contribution is -2.19. The highest BCUT2D eigenvalue weighted by Gasteiger charge is 2.00. The van der Waals surface area contributed by atoms with Crippen molar-refractivity contribution in [2.75, 3.05) is 26.4 Å². The van der Waals surface area contributed by atoms with Gasteiger partial charge in [0, 0.05) is 6.61 Å². The van der Waals surface area contributed by atoms with E-state index < -0.39 is 6.10 Å². The number of rotatable bonds is 8. The highest BCUT2D eigenvalue weighted by Crippen LogP contribution is 1.93. The van der Waals surface area contributed by atoms with Crippen molar-refractivity contribution in [2.24, 2.45) is 5.92 Å². The van der Waals surface area contributed by atoms with Gasteiger partial charge >= 0.3 is 0 Å². The van der Waals surface area contributed by atoms with Gasteiger partial charge in [-0.1, -0.05) is 13.8 Å². The van der Waals surface area contributed by atoms with E-state index in [1.54, 1.807) is 20.8 Å². The molecule has 5 nitrogen and oxygen atoms in total. The van der Waals surface area contributed by atoms with E-state index in [2.05, 4.69) is 13.8 Å². The first-order valence-corrected chi connectivity index (χ1v) is 6.45. The second-order valence-corrected chi connectivity index (χ2v) is 4.96. The van der Waals surface area contributed by atoms with Crippen LogP contribution in [0.1, 0.15) is 34.6 Å². The van der Waals surface area contributed by atoms with Gasteiger partial charge in [0.25, 0.3) is 0 Å². The smallest absolute Gasteiger partial charge is 0.0779 e. The molecule has 0 aromatic carbocycles. The van der Waals surface area contributed by atoms with Crippen molar-refractivity contribution in [1.82, 2.24) is 0 Å². The van der Waals surface area contributed by atoms with Gasteiger partial charge < -0.3 is 24.8 Å². The molecule has 5 heteroatoms. The van der Waals surface area contributed by atoms with Crippen LogP contribution in [0.25, 0.3) is 0 Å². The lowest BCUT2D eigenvalue weighted by Gasteiger charge is -2.10. The molecular weight excluding hydrogens is 236 g/mol. The van der Waals surface area contributed by atoms with Crippen LogP contribution in [0.3, 0.4) is 0 Å². The summed E-state index contributed by atoms with van der Waals surface area (Å²) in [6.07, 6.45) is -0.942. The van der Waals surface area contributed by atoms with Gasteiger partial charge in [0.05, 0.1) is 38.1 Å². The predicted octanol–water partition coefficient (Wildman–Crippen LogP) is 0.804. The maximum atomic E-state index is 8.74. The first kappa shape index (κ1) is 20.1. The molecule has 0 spiro atoms. The Hall–Kier alpha value is -0.200. The summed E-state index contributed by atoms with van der Waals surface area (Å²) < 4.78 is 10.1. The summed E-state index contributed by atoms with van der Waals surface area (Å²) in [5.41, 5.74) is 0. The van der Waals surface area contributed by atoms with Crippen molar-refractivity contribution >= 4 is 0 Å². The van der Waals surface area contributed by atoms with Gasteiger partial charge in [-0.3, -0.25) is 0 Å². The van der Waals surface area contributed by atoms with Crippen LogP contribution >= 0.6 is 0 Å². The maximum Gasteiger partial charge on any atom is 0.0779 e. The Bertz CT molecular complexity index is 151. The van der Waals surface area contributed by atoms with Gasteiger partial charge in [0.1, 0.15) is 0 Å². The van der Waals surface area contributed by atoms with Crippen LogP contribution in [0.2, 0.25) is 0 Å². The summed E-state index contributed by atoms with van der Waals surface area (Å²) in [7, 11) is 0. The molecule has 18 heavy (non-hydrogen) atoms. The first-order valence-electron chi connectivity index (χ1n) is 6.45. The van der Waals surface area contributed by atoms with Crippen molar-refractivity contribution in [3.05, 3.63) is 0 Å². The Labute approximate surface area is 111 Å². The van der Waals surface area contributed by atoms with E-state index in [1.165, 1.54) is 0 Å².